The molecule has 82 valence electrons. The summed E-state index contributed by atoms with van der Waals surface area (Å²) in [4.78, 5) is 0. The maximum absolute atomic E-state index is 5.14. The molecule has 0 aromatic carbocycles. The van der Waals surface area contributed by atoms with Crippen molar-refractivity contribution in [2.75, 3.05) is 18.6 Å². The Morgan fingerprint density at radius 3 is 2.79 bits per heavy atom. The molecule has 0 unspecified atom stereocenters. The minimum atomic E-state index is 0.673. The van der Waals surface area contributed by atoms with Crippen molar-refractivity contribution in [1.29, 1.82) is 0 Å². The van der Waals surface area contributed by atoms with E-state index in [1.807, 2.05) is 11.8 Å². The fourth-order valence-corrected chi connectivity index (χ4v) is 1.98. The topological polar surface area (TPSA) is 24.1 Å². The van der Waals surface area contributed by atoms with E-state index < -0.39 is 0 Å². The van der Waals surface area contributed by atoms with E-state index in [0.29, 0.717) is 6.04 Å². The SMILES string of the molecule is CSCCCCCNC(=S)NC1CC1. The minimum absolute atomic E-state index is 0.673. The summed E-state index contributed by atoms with van der Waals surface area (Å²) in [5.41, 5.74) is 0. The van der Waals surface area contributed by atoms with Crippen molar-refractivity contribution in [3.8, 4) is 0 Å². The first-order valence-corrected chi connectivity index (χ1v) is 7.16. The van der Waals surface area contributed by atoms with E-state index in [1.54, 1.807) is 0 Å². The lowest BCUT2D eigenvalue weighted by Gasteiger charge is -2.08. The summed E-state index contributed by atoms with van der Waals surface area (Å²) in [5, 5.41) is 7.36. The molecule has 0 bridgehead atoms. The van der Waals surface area contributed by atoms with E-state index in [-0.39, 0.29) is 0 Å². The molecular formula is C10H20N2S2. The van der Waals surface area contributed by atoms with Crippen LogP contribution in [0.2, 0.25) is 0 Å². The number of hydrogen-bond acceptors (Lipinski definition) is 2. The Morgan fingerprint density at radius 2 is 2.14 bits per heavy atom. The van der Waals surface area contributed by atoms with Gasteiger partial charge in [-0.1, -0.05) is 6.42 Å². The summed E-state index contributed by atoms with van der Waals surface area (Å²) in [6.45, 7) is 1.02. The molecule has 1 rings (SSSR count). The van der Waals surface area contributed by atoms with Gasteiger partial charge in [0.25, 0.3) is 0 Å². The van der Waals surface area contributed by atoms with E-state index >= 15 is 0 Å². The molecule has 4 heteroatoms. The first-order valence-electron chi connectivity index (χ1n) is 5.36. The molecule has 14 heavy (non-hydrogen) atoms. The quantitative estimate of drug-likeness (QED) is 0.519. The average molecular weight is 232 g/mol. The van der Waals surface area contributed by atoms with Crippen LogP contribution in [0.15, 0.2) is 0 Å². The van der Waals surface area contributed by atoms with Crippen LogP contribution in [0.5, 0.6) is 0 Å². The van der Waals surface area contributed by atoms with Gasteiger partial charge in [0.15, 0.2) is 5.11 Å². The summed E-state index contributed by atoms with van der Waals surface area (Å²) < 4.78 is 0. The van der Waals surface area contributed by atoms with Crippen LogP contribution in [-0.2, 0) is 0 Å². The van der Waals surface area contributed by atoms with Crippen molar-refractivity contribution in [3.05, 3.63) is 0 Å². The molecule has 0 radical (unpaired) electrons. The van der Waals surface area contributed by atoms with Crippen LogP contribution < -0.4 is 10.6 Å². The van der Waals surface area contributed by atoms with Gasteiger partial charge in [-0.15, -0.1) is 0 Å². The first-order chi connectivity index (χ1) is 6.83. The first kappa shape index (κ1) is 12.1. The number of thiocarbonyl (C=S) groups is 1. The van der Waals surface area contributed by atoms with Crippen LogP contribution >= 0.6 is 24.0 Å². The molecule has 0 heterocycles. The molecule has 0 saturated heterocycles. The summed E-state index contributed by atoms with van der Waals surface area (Å²) in [5.74, 6) is 1.28. The van der Waals surface area contributed by atoms with Crippen molar-refractivity contribution in [2.45, 2.75) is 38.1 Å². The second-order valence-corrected chi connectivity index (χ2v) is 5.12. The van der Waals surface area contributed by atoms with Crippen molar-refractivity contribution < 1.29 is 0 Å². The van der Waals surface area contributed by atoms with E-state index in [1.165, 1.54) is 37.9 Å². The second kappa shape index (κ2) is 7.35. The highest BCUT2D eigenvalue weighted by Gasteiger charge is 2.21. The molecule has 1 aliphatic rings. The normalized spacial score (nSPS) is 15.2. The van der Waals surface area contributed by atoms with Crippen molar-refractivity contribution in [2.24, 2.45) is 0 Å². The molecule has 0 atom stereocenters. The van der Waals surface area contributed by atoms with Crippen LogP contribution in [0.25, 0.3) is 0 Å². The maximum atomic E-state index is 5.14. The van der Waals surface area contributed by atoms with Gasteiger partial charge in [0, 0.05) is 12.6 Å². The highest BCUT2D eigenvalue weighted by atomic mass is 32.2. The third kappa shape index (κ3) is 6.49. The molecule has 1 saturated carbocycles. The Labute approximate surface area is 96.6 Å². The van der Waals surface area contributed by atoms with Gasteiger partial charge in [-0.2, -0.15) is 11.8 Å². The monoisotopic (exact) mass is 232 g/mol. The lowest BCUT2D eigenvalue weighted by molar-refractivity contribution is 0.692. The zero-order chi connectivity index (χ0) is 10.2. The van der Waals surface area contributed by atoms with Gasteiger partial charge in [0.05, 0.1) is 0 Å². The maximum Gasteiger partial charge on any atom is 0.166 e. The van der Waals surface area contributed by atoms with Gasteiger partial charge in [-0.25, -0.2) is 0 Å². The lowest BCUT2D eigenvalue weighted by atomic mass is 10.2. The fraction of sp³-hybridized carbons (Fsp3) is 0.900. The Morgan fingerprint density at radius 1 is 1.36 bits per heavy atom. The smallest absolute Gasteiger partial charge is 0.166 e. The molecule has 0 aliphatic heterocycles. The highest BCUT2D eigenvalue weighted by Crippen LogP contribution is 2.18. The lowest BCUT2D eigenvalue weighted by Crippen LogP contribution is -2.36. The number of rotatable bonds is 7. The van der Waals surface area contributed by atoms with Crippen LogP contribution in [-0.4, -0.2) is 29.7 Å². The van der Waals surface area contributed by atoms with Crippen molar-refractivity contribution >= 4 is 29.1 Å². The Bertz CT molecular complexity index is 170. The van der Waals surface area contributed by atoms with Crippen molar-refractivity contribution in [3.63, 3.8) is 0 Å². The Hall–Kier alpha value is 0.0400. The Balaban J connectivity index is 1.80. The molecule has 0 amide bonds. The number of unbranched alkanes of at least 4 members (excludes halogenated alkanes) is 2. The fourth-order valence-electron chi connectivity index (χ4n) is 1.21. The van der Waals surface area contributed by atoms with Gasteiger partial charge in [0.2, 0.25) is 0 Å². The summed E-state index contributed by atoms with van der Waals surface area (Å²) in [7, 11) is 0. The number of hydrogen-bond donors (Lipinski definition) is 2. The zero-order valence-electron chi connectivity index (χ0n) is 8.84. The van der Waals surface area contributed by atoms with Gasteiger partial charge in [-0.05, 0) is 49.9 Å². The van der Waals surface area contributed by atoms with E-state index in [9.17, 15) is 0 Å². The van der Waals surface area contributed by atoms with Gasteiger partial charge in [-0.3, -0.25) is 0 Å². The van der Waals surface area contributed by atoms with Gasteiger partial charge in [0.1, 0.15) is 0 Å². The van der Waals surface area contributed by atoms with Crippen molar-refractivity contribution in [1.82, 2.24) is 10.6 Å². The largest absolute Gasteiger partial charge is 0.363 e. The number of thioether (sulfide) groups is 1. The van der Waals surface area contributed by atoms with E-state index in [0.717, 1.165) is 11.7 Å². The molecule has 1 fully saturated rings. The summed E-state index contributed by atoms with van der Waals surface area (Å²) >= 11 is 7.07. The van der Waals surface area contributed by atoms with E-state index in [2.05, 4.69) is 16.9 Å². The molecule has 2 N–H and O–H groups in total. The molecule has 0 aromatic heterocycles. The van der Waals surface area contributed by atoms with E-state index in [4.69, 9.17) is 12.2 Å². The van der Waals surface area contributed by atoms with Crippen LogP contribution in [0, 0.1) is 0 Å². The third-order valence-corrected chi connectivity index (χ3v) is 3.18. The van der Waals surface area contributed by atoms with Crippen LogP contribution in [0.4, 0.5) is 0 Å². The molecule has 0 aromatic rings. The molecule has 1 aliphatic carbocycles. The standard InChI is InChI=1S/C10H20N2S2/c1-14-8-4-2-3-7-11-10(13)12-9-5-6-9/h9H,2-8H2,1H3,(H2,11,12,13). The number of nitrogens with one attached hydrogen (secondary N) is 2. The highest BCUT2D eigenvalue weighted by molar-refractivity contribution is 7.98. The van der Waals surface area contributed by atoms with Crippen LogP contribution in [0.3, 0.4) is 0 Å². The van der Waals surface area contributed by atoms with Gasteiger partial charge >= 0.3 is 0 Å². The summed E-state index contributed by atoms with van der Waals surface area (Å²) in [6.07, 6.45) is 8.59. The van der Waals surface area contributed by atoms with Gasteiger partial charge < -0.3 is 10.6 Å². The Kier molecular flexibility index (Phi) is 6.36. The molecule has 0 spiro atoms. The zero-order valence-corrected chi connectivity index (χ0v) is 10.5. The second-order valence-electron chi connectivity index (χ2n) is 3.73. The minimum Gasteiger partial charge on any atom is -0.363 e. The predicted molar refractivity (Wildman–Crippen MR) is 69.0 cm³/mol. The summed E-state index contributed by atoms with van der Waals surface area (Å²) in [6, 6.07) is 0.673. The molecular weight excluding hydrogens is 212 g/mol. The third-order valence-electron chi connectivity index (χ3n) is 2.22. The predicted octanol–water partition coefficient (Wildman–Crippen LogP) is 2.15. The van der Waals surface area contributed by atoms with Crippen LogP contribution in [0.1, 0.15) is 32.1 Å². The average Bonchev–Trinajstić information content (AvgIpc) is 2.95. The molecule has 2 nitrogen and oxygen atoms in total.